The van der Waals surface area contributed by atoms with Crippen LogP contribution in [0.5, 0.6) is 0 Å². The van der Waals surface area contributed by atoms with Gasteiger partial charge in [0.15, 0.2) is 0 Å². The molecule has 0 radical (unpaired) electrons. The van der Waals surface area contributed by atoms with Gasteiger partial charge < -0.3 is 10.6 Å². The minimum atomic E-state index is 0.0220. The first-order valence-corrected chi connectivity index (χ1v) is 8.64. The van der Waals surface area contributed by atoms with Gasteiger partial charge in [-0.1, -0.05) is 20.3 Å². The number of carbonyl (C=O) groups excluding carboxylic acids is 1. The number of hydrogen-bond donors (Lipinski definition) is 2. The summed E-state index contributed by atoms with van der Waals surface area (Å²) >= 11 is 0. The minimum Gasteiger partial charge on any atom is -0.353 e. The summed E-state index contributed by atoms with van der Waals surface area (Å²) in [7, 11) is 0. The number of hydrogen-bond acceptors (Lipinski definition) is 3. The van der Waals surface area contributed by atoms with Crippen molar-refractivity contribution in [1.82, 2.24) is 15.5 Å². The second-order valence-electron chi connectivity index (χ2n) is 7.88. The highest BCUT2D eigenvalue weighted by Gasteiger charge is 2.33. The molecule has 2 rings (SSSR count). The number of nitrogens with zero attached hydrogens (tertiary/aromatic N) is 1. The average Bonchev–Trinajstić information content (AvgIpc) is 2.45. The molecular formula is C17H33N3O. The summed E-state index contributed by atoms with van der Waals surface area (Å²) in [5, 5.41) is 6.50. The Morgan fingerprint density at radius 3 is 2.48 bits per heavy atom. The molecule has 0 aliphatic carbocycles. The first-order valence-electron chi connectivity index (χ1n) is 8.64. The minimum absolute atomic E-state index is 0.0220. The quantitative estimate of drug-likeness (QED) is 0.834. The lowest BCUT2D eigenvalue weighted by atomic mass is 9.88. The molecule has 0 saturated carbocycles. The SMILES string of the molecule is CC1CC(C)CN(C(C)(C)CNC(=O)[C@H]2CCCCN2)C1. The molecule has 122 valence electrons. The van der Waals surface area contributed by atoms with Gasteiger partial charge in [0, 0.05) is 25.2 Å². The Morgan fingerprint density at radius 2 is 1.90 bits per heavy atom. The fourth-order valence-corrected chi connectivity index (χ4v) is 3.77. The van der Waals surface area contributed by atoms with Crippen molar-refractivity contribution in [2.24, 2.45) is 11.8 Å². The van der Waals surface area contributed by atoms with Crippen LogP contribution in [0.1, 0.15) is 53.4 Å². The second kappa shape index (κ2) is 7.10. The van der Waals surface area contributed by atoms with Crippen LogP contribution < -0.4 is 10.6 Å². The Kier molecular flexibility index (Phi) is 5.67. The van der Waals surface area contributed by atoms with Gasteiger partial charge in [-0.3, -0.25) is 9.69 Å². The molecule has 0 spiro atoms. The van der Waals surface area contributed by atoms with Crippen LogP contribution in [0, 0.1) is 11.8 Å². The van der Waals surface area contributed by atoms with Crippen molar-refractivity contribution in [3.63, 3.8) is 0 Å². The molecule has 3 atom stereocenters. The predicted molar refractivity (Wildman–Crippen MR) is 87.2 cm³/mol. The molecule has 2 N–H and O–H groups in total. The maximum absolute atomic E-state index is 12.3. The van der Waals surface area contributed by atoms with Crippen LogP contribution in [0.15, 0.2) is 0 Å². The lowest BCUT2D eigenvalue weighted by molar-refractivity contribution is -0.124. The molecule has 4 nitrogen and oxygen atoms in total. The van der Waals surface area contributed by atoms with E-state index in [0.29, 0.717) is 0 Å². The van der Waals surface area contributed by atoms with E-state index in [1.165, 1.54) is 12.8 Å². The highest BCUT2D eigenvalue weighted by atomic mass is 16.2. The topological polar surface area (TPSA) is 44.4 Å². The molecule has 0 aromatic rings. The molecule has 2 fully saturated rings. The molecule has 21 heavy (non-hydrogen) atoms. The van der Waals surface area contributed by atoms with Crippen molar-refractivity contribution in [3.8, 4) is 0 Å². The predicted octanol–water partition coefficient (Wildman–Crippen LogP) is 2.00. The standard InChI is InChI=1S/C17H33N3O/c1-13-9-14(2)11-20(10-13)17(3,4)12-19-16(21)15-7-5-6-8-18-15/h13-15,18H,5-12H2,1-4H3,(H,19,21)/t13?,14?,15-/m1/s1. The smallest absolute Gasteiger partial charge is 0.237 e. The molecule has 2 saturated heterocycles. The Hall–Kier alpha value is -0.610. The summed E-state index contributed by atoms with van der Waals surface area (Å²) in [5.41, 5.74) is 0.0350. The van der Waals surface area contributed by atoms with Crippen LogP contribution in [-0.4, -0.2) is 48.6 Å². The van der Waals surface area contributed by atoms with Crippen molar-refractivity contribution >= 4 is 5.91 Å². The normalized spacial score (nSPS) is 31.9. The second-order valence-corrected chi connectivity index (χ2v) is 7.88. The van der Waals surface area contributed by atoms with Crippen LogP contribution in [0.4, 0.5) is 0 Å². The van der Waals surface area contributed by atoms with E-state index in [2.05, 4.69) is 43.2 Å². The first-order chi connectivity index (χ1) is 9.88. The summed E-state index contributed by atoms with van der Waals surface area (Å²) in [6.07, 6.45) is 4.66. The zero-order valence-electron chi connectivity index (χ0n) is 14.2. The summed E-state index contributed by atoms with van der Waals surface area (Å²) in [6.45, 7) is 13.2. The van der Waals surface area contributed by atoms with E-state index in [-0.39, 0.29) is 17.5 Å². The maximum Gasteiger partial charge on any atom is 0.237 e. The third-order valence-electron chi connectivity index (χ3n) is 5.05. The number of carbonyl (C=O) groups is 1. The van der Waals surface area contributed by atoms with E-state index in [1.54, 1.807) is 0 Å². The molecule has 2 aliphatic rings. The Morgan fingerprint density at radius 1 is 1.24 bits per heavy atom. The zero-order chi connectivity index (χ0) is 15.5. The Balaban J connectivity index is 1.83. The molecule has 0 aromatic heterocycles. The summed E-state index contributed by atoms with van der Waals surface area (Å²) in [4.78, 5) is 14.8. The van der Waals surface area contributed by atoms with Gasteiger partial charge in [0.2, 0.25) is 5.91 Å². The fourth-order valence-electron chi connectivity index (χ4n) is 3.77. The van der Waals surface area contributed by atoms with Crippen LogP contribution in [0.2, 0.25) is 0 Å². The van der Waals surface area contributed by atoms with Crippen LogP contribution in [0.25, 0.3) is 0 Å². The van der Waals surface area contributed by atoms with E-state index < -0.39 is 0 Å². The van der Waals surface area contributed by atoms with Crippen LogP contribution in [0.3, 0.4) is 0 Å². The van der Waals surface area contributed by atoms with E-state index in [4.69, 9.17) is 0 Å². The largest absolute Gasteiger partial charge is 0.353 e. The van der Waals surface area contributed by atoms with Gasteiger partial charge in [-0.15, -0.1) is 0 Å². The van der Waals surface area contributed by atoms with Crippen molar-refractivity contribution in [2.75, 3.05) is 26.2 Å². The number of rotatable bonds is 4. The van der Waals surface area contributed by atoms with Crippen molar-refractivity contribution in [3.05, 3.63) is 0 Å². The Bertz CT molecular complexity index is 340. The molecule has 2 unspecified atom stereocenters. The highest BCUT2D eigenvalue weighted by Crippen LogP contribution is 2.26. The zero-order valence-corrected chi connectivity index (χ0v) is 14.2. The van der Waals surface area contributed by atoms with Crippen molar-refractivity contribution in [2.45, 2.75) is 65.0 Å². The Labute approximate surface area is 130 Å². The highest BCUT2D eigenvalue weighted by molar-refractivity contribution is 5.81. The van der Waals surface area contributed by atoms with E-state index in [1.807, 2.05) is 0 Å². The van der Waals surface area contributed by atoms with E-state index in [9.17, 15) is 4.79 Å². The molecular weight excluding hydrogens is 262 g/mol. The van der Waals surface area contributed by atoms with Gasteiger partial charge in [0.25, 0.3) is 0 Å². The van der Waals surface area contributed by atoms with Crippen LogP contribution in [-0.2, 0) is 4.79 Å². The molecule has 4 heteroatoms. The molecule has 2 heterocycles. The molecule has 1 amide bonds. The average molecular weight is 295 g/mol. The van der Waals surface area contributed by atoms with Gasteiger partial charge in [-0.05, 0) is 51.5 Å². The van der Waals surface area contributed by atoms with E-state index in [0.717, 1.165) is 50.9 Å². The monoisotopic (exact) mass is 295 g/mol. The fraction of sp³-hybridized carbons (Fsp3) is 0.941. The summed E-state index contributed by atoms with van der Waals surface area (Å²) in [6, 6.07) is 0.0220. The van der Waals surface area contributed by atoms with Gasteiger partial charge in [0.1, 0.15) is 0 Å². The van der Waals surface area contributed by atoms with Gasteiger partial charge in [0.05, 0.1) is 6.04 Å². The lowest BCUT2D eigenvalue weighted by Gasteiger charge is -2.45. The van der Waals surface area contributed by atoms with Gasteiger partial charge >= 0.3 is 0 Å². The number of amides is 1. The third-order valence-corrected chi connectivity index (χ3v) is 5.05. The van der Waals surface area contributed by atoms with E-state index >= 15 is 0 Å². The van der Waals surface area contributed by atoms with Gasteiger partial charge in [-0.2, -0.15) is 0 Å². The first kappa shape index (κ1) is 16.8. The number of likely N-dealkylation sites (tertiary alicyclic amines) is 1. The van der Waals surface area contributed by atoms with Crippen molar-refractivity contribution in [1.29, 1.82) is 0 Å². The number of piperidine rings is 2. The molecule has 0 bridgehead atoms. The number of nitrogens with one attached hydrogen (secondary N) is 2. The third kappa shape index (κ3) is 4.68. The molecule has 2 aliphatic heterocycles. The van der Waals surface area contributed by atoms with Crippen molar-refractivity contribution < 1.29 is 4.79 Å². The van der Waals surface area contributed by atoms with Gasteiger partial charge in [-0.25, -0.2) is 0 Å². The summed E-state index contributed by atoms with van der Waals surface area (Å²) in [5.74, 6) is 1.69. The lowest BCUT2D eigenvalue weighted by Crippen LogP contribution is -2.57. The van der Waals surface area contributed by atoms with Crippen LogP contribution >= 0.6 is 0 Å². The molecule has 0 aromatic carbocycles. The maximum atomic E-state index is 12.3. The summed E-state index contributed by atoms with van der Waals surface area (Å²) < 4.78 is 0.